The highest BCUT2D eigenvalue weighted by molar-refractivity contribution is 5.82. The zero-order valence-corrected chi connectivity index (χ0v) is 16.8. The Labute approximate surface area is 166 Å². The van der Waals surface area contributed by atoms with Gasteiger partial charge in [0.25, 0.3) is 0 Å². The van der Waals surface area contributed by atoms with Crippen LogP contribution in [0.3, 0.4) is 0 Å². The van der Waals surface area contributed by atoms with Crippen LogP contribution < -0.4 is 4.74 Å². The Morgan fingerprint density at radius 2 is 1.96 bits per heavy atom. The molecular formula is C22H28FN3O2. The zero-order valence-electron chi connectivity index (χ0n) is 16.8. The second-order valence-electron chi connectivity index (χ2n) is 8.30. The molecule has 0 amide bonds. The SMILES string of the molecule is CC(C)(C)Oc1nccnc1CN1CCC(=O)C(CCc2ccccc2F)C1. The molecule has 5 nitrogen and oxygen atoms in total. The molecule has 0 N–H and O–H groups in total. The van der Waals surface area contributed by atoms with Crippen molar-refractivity contribution in [2.24, 2.45) is 5.92 Å². The molecule has 0 saturated carbocycles. The number of carbonyl (C=O) groups excluding carboxylic acids is 1. The quantitative estimate of drug-likeness (QED) is 0.757. The first-order valence-corrected chi connectivity index (χ1v) is 9.79. The molecule has 2 aromatic rings. The molecule has 0 spiro atoms. The molecule has 28 heavy (non-hydrogen) atoms. The second-order valence-corrected chi connectivity index (χ2v) is 8.30. The lowest BCUT2D eigenvalue weighted by atomic mass is 9.90. The topological polar surface area (TPSA) is 55.3 Å². The normalized spacial score (nSPS) is 18.3. The zero-order chi connectivity index (χ0) is 20.1. The highest BCUT2D eigenvalue weighted by atomic mass is 19.1. The summed E-state index contributed by atoms with van der Waals surface area (Å²) in [5.41, 5.74) is 1.09. The molecule has 1 aromatic heterocycles. The summed E-state index contributed by atoms with van der Waals surface area (Å²) in [6.07, 6.45) is 5.03. The summed E-state index contributed by atoms with van der Waals surface area (Å²) in [4.78, 5) is 23.4. The molecule has 150 valence electrons. The Morgan fingerprint density at radius 1 is 1.21 bits per heavy atom. The minimum atomic E-state index is -0.356. The van der Waals surface area contributed by atoms with Crippen LogP contribution in [0.2, 0.25) is 0 Å². The van der Waals surface area contributed by atoms with Crippen molar-refractivity contribution in [3.05, 3.63) is 53.7 Å². The standard InChI is InChI=1S/C22H28FN3O2/c1-22(2,3)28-21-19(24-11-12-25-21)15-26-13-10-20(27)17(14-26)9-8-16-6-4-5-7-18(16)23/h4-7,11-12,17H,8-10,13-15H2,1-3H3. The van der Waals surface area contributed by atoms with Gasteiger partial charge in [0, 0.05) is 44.4 Å². The third-order valence-electron chi connectivity index (χ3n) is 4.84. The number of carbonyl (C=O) groups is 1. The minimum absolute atomic E-state index is 0.0861. The second kappa shape index (κ2) is 8.78. The molecule has 0 radical (unpaired) electrons. The van der Waals surface area contributed by atoms with Gasteiger partial charge in [-0.05, 0) is 45.2 Å². The first-order valence-electron chi connectivity index (χ1n) is 9.79. The van der Waals surface area contributed by atoms with E-state index in [1.165, 1.54) is 6.07 Å². The van der Waals surface area contributed by atoms with Gasteiger partial charge >= 0.3 is 0 Å². The van der Waals surface area contributed by atoms with Crippen molar-refractivity contribution in [1.29, 1.82) is 0 Å². The number of ketones is 1. The number of Topliss-reactive ketones (excluding diaryl/α,β-unsaturated/α-hetero) is 1. The molecule has 1 aromatic carbocycles. The van der Waals surface area contributed by atoms with Gasteiger partial charge in [0.15, 0.2) is 0 Å². The summed E-state index contributed by atoms with van der Waals surface area (Å²) < 4.78 is 19.8. The van der Waals surface area contributed by atoms with Crippen LogP contribution in [0.25, 0.3) is 0 Å². The molecule has 1 fully saturated rings. The number of halogens is 1. The van der Waals surface area contributed by atoms with Crippen LogP contribution in [-0.2, 0) is 17.8 Å². The van der Waals surface area contributed by atoms with Gasteiger partial charge in [0.1, 0.15) is 22.9 Å². The Kier molecular flexibility index (Phi) is 6.39. The molecule has 1 atom stereocenters. The van der Waals surface area contributed by atoms with Crippen LogP contribution in [0.5, 0.6) is 5.88 Å². The monoisotopic (exact) mass is 385 g/mol. The van der Waals surface area contributed by atoms with Crippen LogP contribution >= 0.6 is 0 Å². The maximum absolute atomic E-state index is 13.9. The van der Waals surface area contributed by atoms with Gasteiger partial charge in [0.2, 0.25) is 5.88 Å². The smallest absolute Gasteiger partial charge is 0.237 e. The fourth-order valence-corrected chi connectivity index (χ4v) is 3.45. The number of aryl methyl sites for hydroxylation is 1. The number of benzene rings is 1. The van der Waals surface area contributed by atoms with E-state index in [-0.39, 0.29) is 23.1 Å². The van der Waals surface area contributed by atoms with Gasteiger partial charge in [-0.25, -0.2) is 9.37 Å². The van der Waals surface area contributed by atoms with Crippen LogP contribution in [-0.4, -0.2) is 39.3 Å². The first kappa shape index (κ1) is 20.4. The lowest BCUT2D eigenvalue weighted by Gasteiger charge is -2.32. The van der Waals surface area contributed by atoms with E-state index in [1.807, 2.05) is 26.8 Å². The largest absolute Gasteiger partial charge is 0.471 e. The average Bonchev–Trinajstić information content (AvgIpc) is 2.64. The number of likely N-dealkylation sites (tertiary alicyclic amines) is 1. The number of piperidine rings is 1. The number of aromatic nitrogens is 2. The fourth-order valence-electron chi connectivity index (χ4n) is 3.45. The highest BCUT2D eigenvalue weighted by Gasteiger charge is 2.28. The summed E-state index contributed by atoms with van der Waals surface area (Å²) in [5.74, 6) is 0.510. The fraction of sp³-hybridized carbons (Fsp3) is 0.500. The summed E-state index contributed by atoms with van der Waals surface area (Å²) in [6.45, 7) is 7.86. The minimum Gasteiger partial charge on any atom is -0.471 e. The van der Waals surface area contributed by atoms with Crippen molar-refractivity contribution in [1.82, 2.24) is 14.9 Å². The summed E-state index contributed by atoms with van der Waals surface area (Å²) in [5, 5.41) is 0. The van der Waals surface area contributed by atoms with E-state index in [9.17, 15) is 9.18 Å². The Hall–Kier alpha value is -2.34. The Bertz CT molecular complexity index is 819. The van der Waals surface area contributed by atoms with Crippen LogP contribution in [0.15, 0.2) is 36.7 Å². The van der Waals surface area contributed by atoms with Crippen LogP contribution in [0, 0.1) is 11.7 Å². The Morgan fingerprint density at radius 3 is 2.71 bits per heavy atom. The van der Waals surface area contributed by atoms with E-state index in [0.29, 0.717) is 50.3 Å². The van der Waals surface area contributed by atoms with Crippen molar-refractivity contribution in [3.8, 4) is 5.88 Å². The van der Waals surface area contributed by atoms with E-state index in [1.54, 1.807) is 24.5 Å². The molecule has 1 aliphatic heterocycles. The lowest BCUT2D eigenvalue weighted by molar-refractivity contribution is -0.126. The van der Waals surface area contributed by atoms with Gasteiger partial charge in [-0.3, -0.25) is 14.7 Å². The maximum atomic E-state index is 13.9. The predicted molar refractivity (Wildman–Crippen MR) is 106 cm³/mol. The summed E-state index contributed by atoms with van der Waals surface area (Å²) in [6, 6.07) is 6.77. The van der Waals surface area contributed by atoms with Gasteiger partial charge in [-0.2, -0.15) is 0 Å². The number of nitrogens with zero attached hydrogens (tertiary/aromatic N) is 3. The number of hydrogen-bond acceptors (Lipinski definition) is 5. The third-order valence-corrected chi connectivity index (χ3v) is 4.84. The van der Waals surface area contributed by atoms with Crippen molar-refractivity contribution in [2.45, 2.75) is 52.2 Å². The average molecular weight is 385 g/mol. The van der Waals surface area contributed by atoms with Crippen LogP contribution in [0.1, 0.15) is 44.9 Å². The molecule has 0 bridgehead atoms. The van der Waals surface area contributed by atoms with E-state index in [4.69, 9.17) is 4.74 Å². The summed E-state index contributed by atoms with van der Waals surface area (Å²) >= 11 is 0. The van der Waals surface area contributed by atoms with Crippen LogP contribution in [0.4, 0.5) is 4.39 Å². The van der Waals surface area contributed by atoms with Gasteiger partial charge < -0.3 is 4.74 Å². The van der Waals surface area contributed by atoms with Crippen molar-refractivity contribution >= 4 is 5.78 Å². The van der Waals surface area contributed by atoms with E-state index in [2.05, 4.69) is 14.9 Å². The maximum Gasteiger partial charge on any atom is 0.237 e. The molecule has 3 rings (SSSR count). The molecule has 1 saturated heterocycles. The molecular weight excluding hydrogens is 357 g/mol. The van der Waals surface area contributed by atoms with Crippen molar-refractivity contribution < 1.29 is 13.9 Å². The molecule has 6 heteroatoms. The number of ether oxygens (including phenoxy) is 1. The molecule has 2 heterocycles. The van der Waals surface area contributed by atoms with Gasteiger partial charge in [-0.1, -0.05) is 18.2 Å². The third kappa shape index (κ3) is 5.58. The highest BCUT2D eigenvalue weighted by Crippen LogP contribution is 2.24. The molecule has 0 aliphatic carbocycles. The number of rotatable bonds is 6. The predicted octanol–water partition coefficient (Wildman–Crippen LogP) is 3.82. The lowest BCUT2D eigenvalue weighted by Crippen LogP contribution is -2.41. The van der Waals surface area contributed by atoms with Crippen molar-refractivity contribution in [3.63, 3.8) is 0 Å². The molecule has 1 aliphatic rings. The molecule has 1 unspecified atom stereocenters. The van der Waals surface area contributed by atoms with Crippen molar-refractivity contribution in [2.75, 3.05) is 13.1 Å². The summed E-state index contributed by atoms with van der Waals surface area (Å²) in [7, 11) is 0. The Balaban J connectivity index is 1.63. The van der Waals surface area contributed by atoms with Gasteiger partial charge in [0.05, 0.1) is 0 Å². The van der Waals surface area contributed by atoms with E-state index >= 15 is 0 Å². The van der Waals surface area contributed by atoms with E-state index < -0.39 is 0 Å². The number of hydrogen-bond donors (Lipinski definition) is 0. The first-order chi connectivity index (χ1) is 13.3. The van der Waals surface area contributed by atoms with Gasteiger partial charge in [-0.15, -0.1) is 0 Å². The van der Waals surface area contributed by atoms with E-state index in [0.717, 1.165) is 5.69 Å².